The molecular formula is C17H22N2O2Ru. The van der Waals surface area contributed by atoms with Gasteiger partial charge in [0, 0.05) is 38.3 Å². The van der Waals surface area contributed by atoms with Crippen molar-refractivity contribution in [2.75, 3.05) is 13.2 Å². The molecule has 0 amide bonds. The molecule has 0 saturated carbocycles. The molecular weight excluding hydrogens is 365 g/mol. The Morgan fingerprint density at radius 3 is 2.82 bits per heavy atom. The normalized spacial score (nSPS) is 24.9. The fourth-order valence-electron chi connectivity index (χ4n) is 2.90. The number of pyridine rings is 1. The summed E-state index contributed by atoms with van der Waals surface area (Å²) in [4.78, 5) is 8.91. The number of rotatable bonds is 5. The van der Waals surface area contributed by atoms with Crippen molar-refractivity contribution in [3.63, 3.8) is 0 Å². The van der Waals surface area contributed by atoms with Crippen molar-refractivity contribution >= 4 is 5.71 Å². The number of ether oxygens (including phenoxy) is 2. The van der Waals surface area contributed by atoms with Crippen molar-refractivity contribution in [2.24, 2.45) is 10.4 Å². The van der Waals surface area contributed by atoms with E-state index in [1.165, 1.54) is 0 Å². The Balaban J connectivity index is 0.00000176. The average Bonchev–Trinajstić information content (AvgIpc) is 3.01. The minimum Gasteiger partial charge on any atom is -0.350 e. The van der Waals surface area contributed by atoms with Crippen LogP contribution in [-0.4, -0.2) is 30.2 Å². The van der Waals surface area contributed by atoms with Crippen molar-refractivity contribution in [3.8, 4) is 0 Å². The van der Waals surface area contributed by atoms with Gasteiger partial charge in [-0.25, -0.2) is 0 Å². The molecule has 1 unspecified atom stereocenters. The van der Waals surface area contributed by atoms with Gasteiger partial charge in [0.05, 0.1) is 24.6 Å². The van der Waals surface area contributed by atoms with Gasteiger partial charge in [0.1, 0.15) is 0 Å². The molecule has 3 rings (SSSR count). The van der Waals surface area contributed by atoms with E-state index in [0.29, 0.717) is 0 Å². The molecule has 1 saturated heterocycles. The summed E-state index contributed by atoms with van der Waals surface area (Å²) in [5.41, 5.74) is 2.21. The number of hydrogen-bond donors (Lipinski definition) is 0. The van der Waals surface area contributed by atoms with Crippen molar-refractivity contribution in [1.82, 2.24) is 4.98 Å². The Kier molecular flexibility index (Phi) is 6.42. The molecule has 22 heavy (non-hydrogen) atoms. The predicted molar refractivity (Wildman–Crippen MR) is 82.2 cm³/mol. The third kappa shape index (κ3) is 4.55. The molecule has 1 aromatic heterocycles. The summed E-state index contributed by atoms with van der Waals surface area (Å²) in [6.07, 6.45) is 10.1. The molecule has 1 fully saturated rings. The summed E-state index contributed by atoms with van der Waals surface area (Å²) in [6.45, 7) is 3.76. The molecule has 120 valence electrons. The van der Waals surface area contributed by atoms with Crippen molar-refractivity contribution in [3.05, 3.63) is 42.4 Å². The minimum atomic E-state index is 0. The smallest absolute Gasteiger partial charge is 0.157 e. The number of aliphatic imine (C=N–C) groups is 1. The second-order valence-electron chi connectivity index (χ2n) is 6.00. The van der Waals surface area contributed by atoms with E-state index in [-0.39, 0.29) is 31.2 Å². The Hall–Kier alpha value is -0.897. The molecule has 2 aliphatic rings. The zero-order valence-electron chi connectivity index (χ0n) is 12.8. The van der Waals surface area contributed by atoms with Crippen LogP contribution in [-0.2, 0) is 29.0 Å². The van der Waals surface area contributed by atoms with Gasteiger partial charge in [0.2, 0.25) is 0 Å². The molecule has 0 aliphatic carbocycles. The first-order valence-corrected chi connectivity index (χ1v) is 7.64. The second-order valence-corrected chi connectivity index (χ2v) is 6.00. The van der Waals surface area contributed by atoms with Gasteiger partial charge in [-0.3, -0.25) is 9.98 Å². The maximum atomic E-state index is 5.49. The molecule has 0 bridgehead atoms. The van der Waals surface area contributed by atoms with Gasteiger partial charge in [-0.15, -0.1) is 0 Å². The zero-order valence-corrected chi connectivity index (χ0v) is 14.6. The third-order valence-corrected chi connectivity index (χ3v) is 4.12. The van der Waals surface area contributed by atoms with Gasteiger partial charge >= 0.3 is 0 Å². The summed E-state index contributed by atoms with van der Waals surface area (Å²) in [5.74, 6) is 0. The number of allylic oxidation sites excluding steroid dienone is 1. The maximum Gasteiger partial charge on any atom is 0.157 e. The van der Waals surface area contributed by atoms with E-state index >= 15 is 0 Å². The van der Waals surface area contributed by atoms with Gasteiger partial charge in [0.15, 0.2) is 6.29 Å². The molecule has 2 aliphatic heterocycles. The quantitative estimate of drug-likeness (QED) is 0.728. The maximum absolute atomic E-state index is 5.49. The number of nitrogens with zero attached hydrogens (tertiary/aromatic N) is 2. The largest absolute Gasteiger partial charge is 0.350 e. The Morgan fingerprint density at radius 1 is 1.27 bits per heavy atom. The van der Waals surface area contributed by atoms with Gasteiger partial charge in [0.25, 0.3) is 0 Å². The fourth-order valence-corrected chi connectivity index (χ4v) is 2.90. The van der Waals surface area contributed by atoms with Crippen LogP contribution in [0.25, 0.3) is 0 Å². The van der Waals surface area contributed by atoms with Crippen LogP contribution in [0.3, 0.4) is 0 Å². The van der Waals surface area contributed by atoms with Crippen LogP contribution in [0.1, 0.15) is 38.3 Å². The molecule has 3 heterocycles. The molecule has 0 aromatic carbocycles. The van der Waals surface area contributed by atoms with Gasteiger partial charge in [-0.2, -0.15) is 0 Å². The van der Waals surface area contributed by atoms with Crippen LogP contribution in [0, 0.1) is 5.41 Å². The number of aromatic nitrogens is 1. The third-order valence-electron chi connectivity index (χ3n) is 4.12. The summed E-state index contributed by atoms with van der Waals surface area (Å²) in [6, 6.07) is 5.97. The van der Waals surface area contributed by atoms with E-state index in [1.807, 2.05) is 30.6 Å². The molecule has 1 atom stereocenters. The topological polar surface area (TPSA) is 43.7 Å². The van der Waals surface area contributed by atoms with E-state index in [1.54, 1.807) is 0 Å². The van der Waals surface area contributed by atoms with Crippen LogP contribution >= 0.6 is 0 Å². The van der Waals surface area contributed by atoms with Gasteiger partial charge in [-0.1, -0.05) is 19.1 Å². The Labute approximate surface area is 144 Å². The Morgan fingerprint density at radius 2 is 2.09 bits per heavy atom. The van der Waals surface area contributed by atoms with Crippen molar-refractivity contribution < 1.29 is 29.0 Å². The standard InChI is InChI=1S/C17H22N2O2.Ru/c1-17(7-4-6-16-20-11-12-21-16)8-10-19-15(13-17)14-5-2-3-9-18-14;/h2-3,5,8-10,16H,4,6-7,11-13H2,1H3;. The first-order chi connectivity index (χ1) is 10.3. The molecule has 1 aromatic rings. The van der Waals surface area contributed by atoms with Crippen LogP contribution < -0.4 is 0 Å². The van der Waals surface area contributed by atoms with Gasteiger partial charge in [-0.05, 0) is 36.8 Å². The van der Waals surface area contributed by atoms with Crippen LogP contribution in [0.4, 0.5) is 0 Å². The molecule has 5 heteroatoms. The van der Waals surface area contributed by atoms with E-state index in [2.05, 4.69) is 23.0 Å². The summed E-state index contributed by atoms with van der Waals surface area (Å²) < 4.78 is 11.0. The van der Waals surface area contributed by atoms with E-state index in [9.17, 15) is 0 Å². The second kappa shape index (κ2) is 8.10. The van der Waals surface area contributed by atoms with Crippen LogP contribution in [0.2, 0.25) is 0 Å². The van der Waals surface area contributed by atoms with Crippen LogP contribution in [0.5, 0.6) is 0 Å². The number of hydrogen-bond acceptors (Lipinski definition) is 4. The van der Waals surface area contributed by atoms with Gasteiger partial charge < -0.3 is 9.47 Å². The zero-order chi connectivity index (χ0) is 14.5. The monoisotopic (exact) mass is 388 g/mol. The minimum absolute atomic E-state index is 0. The average molecular weight is 387 g/mol. The van der Waals surface area contributed by atoms with E-state index in [0.717, 1.165) is 50.3 Å². The first kappa shape index (κ1) is 17.5. The predicted octanol–water partition coefficient (Wildman–Crippen LogP) is 3.34. The van der Waals surface area contributed by atoms with Crippen molar-refractivity contribution in [1.29, 1.82) is 0 Å². The van der Waals surface area contributed by atoms with Crippen LogP contribution in [0.15, 0.2) is 41.7 Å². The van der Waals surface area contributed by atoms with E-state index in [4.69, 9.17) is 9.47 Å². The molecule has 0 radical (unpaired) electrons. The summed E-state index contributed by atoms with van der Waals surface area (Å²) >= 11 is 0. The first-order valence-electron chi connectivity index (χ1n) is 7.64. The SMILES string of the molecule is CC1(CCCC2OCCO2)C=CN=C(c2ccccn2)C1.[Ru]. The summed E-state index contributed by atoms with van der Waals surface area (Å²) in [5, 5.41) is 0. The molecule has 4 nitrogen and oxygen atoms in total. The van der Waals surface area contributed by atoms with E-state index < -0.39 is 0 Å². The fraction of sp³-hybridized carbons (Fsp3) is 0.529. The Bertz CT molecular complexity index is 527. The molecule has 0 spiro atoms. The summed E-state index contributed by atoms with van der Waals surface area (Å²) in [7, 11) is 0. The van der Waals surface area contributed by atoms with Crippen molar-refractivity contribution in [2.45, 2.75) is 38.9 Å². The molecule has 0 N–H and O–H groups in total.